The van der Waals surface area contributed by atoms with E-state index < -0.39 is 15.9 Å². The van der Waals surface area contributed by atoms with Gasteiger partial charge in [0.15, 0.2) is 5.82 Å². The van der Waals surface area contributed by atoms with Gasteiger partial charge in [0.1, 0.15) is 0 Å². The minimum Gasteiger partial charge on any atom is -0.376 e. The number of carbonyl (C=O) groups is 1. The van der Waals surface area contributed by atoms with Crippen LogP contribution in [0.1, 0.15) is 0 Å². The molecule has 140 valence electrons. The number of anilines is 4. The Hall–Kier alpha value is -2.72. The molecule has 0 bridgehead atoms. The molecular formula is C16H22N6O3S. The molecule has 2 N–H and O–H groups in total. The van der Waals surface area contributed by atoms with Crippen LogP contribution in [0.25, 0.3) is 0 Å². The normalized spacial score (nSPS) is 11.3. The van der Waals surface area contributed by atoms with Crippen LogP contribution in [0.2, 0.25) is 0 Å². The lowest BCUT2D eigenvalue weighted by atomic mass is 10.2. The van der Waals surface area contributed by atoms with E-state index in [2.05, 4.69) is 20.8 Å². The first kappa shape index (κ1) is 19.6. The number of nitrogens with zero attached hydrogens (tertiary/aromatic N) is 4. The van der Waals surface area contributed by atoms with Crippen molar-refractivity contribution in [2.24, 2.45) is 0 Å². The molecule has 0 saturated heterocycles. The van der Waals surface area contributed by atoms with E-state index in [1.54, 1.807) is 30.5 Å². The molecule has 0 aliphatic rings. The number of likely N-dealkylation sites (N-methyl/N-ethyl adjacent to an activating group) is 1. The summed E-state index contributed by atoms with van der Waals surface area (Å²) < 4.78 is 23.6. The summed E-state index contributed by atoms with van der Waals surface area (Å²) in [5.74, 6) is 0.186. The van der Waals surface area contributed by atoms with E-state index in [0.29, 0.717) is 11.5 Å². The van der Waals surface area contributed by atoms with Gasteiger partial charge in [0.25, 0.3) is 0 Å². The largest absolute Gasteiger partial charge is 0.376 e. The molecule has 0 radical (unpaired) electrons. The Morgan fingerprint density at radius 3 is 2.31 bits per heavy atom. The minimum absolute atomic E-state index is 0.244. The summed E-state index contributed by atoms with van der Waals surface area (Å²) in [4.78, 5) is 13.8. The average molecular weight is 378 g/mol. The number of benzene rings is 1. The smallest absolute Gasteiger partial charge is 0.239 e. The first-order chi connectivity index (χ1) is 12.1. The van der Waals surface area contributed by atoms with Gasteiger partial charge in [0.05, 0.1) is 24.7 Å². The Labute approximate surface area is 153 Å². The Kier molecular flexibility index (Phi) is 6.11. The number of aromatic nitrogens is 2. The van der Waals surface area contributed by atoms with Gasteiger partial charge in [0, 0.05) is 38.6 Å². The molecule has 0 aliphatic heterocycles. The van der Waals surface area contributed by atoms with Crippen molar-refractivity contribution in [1.29, 1.82) is 0 Å². The highest BCUT2D eigenvalue weighted by molar-refractivity contribution is 7.88. The fourth-order valence-corrected chi connectivity index (χ4v) is 2.32. The molecule has 10 heteroatoms. The predicted octanol–water partition coefficient (Wildman–Crippen LogP) is 1.12. The van der Waals surface area contributed by atoms with E-state index in [4.69, 9.17) is 0 Å². The van der Waals surface area contributed by atoms with E-state index in [-0.39, 0.29) is 6.54 Å². The van der Waals surface area contributed by atoms with Crippen LogP contribution >= 0.6 is 0 Å². The van der Waals surface area contributed by atoms with Crippen LogP contribution < -0.4 is 15.5 Å². The van der Waals surface area contributed by atoms with Crippen molar-refractivity contribution in [2.75, 3.05) is 49.5 Å². The molecule has 1 aromatic heterocycles. The molecule has 9 nitrogen and oxygen atoms in total. The van der Waals surface area contributed by atoms with Crippen molar-refractivity contribution in [3.63, 3.8) is 0 Å². The highest BCUT2D eigenvalue weighted by Gasteiger charge is 2.15. The standard InChI is InChI=1S/C16H22N6O3S/c1-21(2)14-9-15(20-17-10-14)18-12-5-7-13(8-6-12)19-16(23)11-22(3)26(4,24)25/h5-10H,11H2,1-4H3,(H,18,20)(H,19,23). The van der Waals surface area contributed by atoms with Crippen LogP contribution in [0, 0.1) is 0 Å². The van der Waals surface area contributed by atoms with Crippen LogP contribution in [0.4, 0.5) is 22.9 Å². The SMILES string of the molecule is CN(C)c1cnnc(Nc2ccc(NC(=O)CN(C)S(C)(=O)=O)cc2)c1. The minimum atomic E-state index is -3.40. The second-order valence-electron chi connectivity index (χ2n) is 5.96. The van der Waals surface area contributed by atoms with E-state index >= 15 is 0 Å². The molecule has 26 heavy (non-hydrogen) atoms. The highest BCUT2D eigenvalue weighted by Crippen LogP contribution is 2.20. The molecule has 0 atom stereocenters. The van der Waals surface area contributed by atoms with Crippen LogP contribution in [0.15, 0.2) is 36.5 Å². The summed E-state index contributed by atoms with van der Waals surface area (Å²) in [5, 5.41) is 13.7. The Morgan fingerprint density at radius 2 is 1.73 bits per heavy atom. The number of hydrogen-bond acceptors (Lipinski definition) is 7. The number of rotatable bonds is 7. The van der Waals surface area contributed by atoms with Crippen LogP contribution in [-0.4, -0.2) is 62.8 Å². The molecule has 0 fully saturated rings. The van der Waals surface area contributed by atoms with Gasteiger partial charge < -0.3 is 15.5 Å². The third kappa shape index (κ3) is 5.67. The zero-order valence-corrected chi connectivity index (χ0v) is 15.9. The van der Waals surface area contributed by atoms with E-state index in [1.165, 1.54) is 7.05 Å². The molecule has 0 spiro atoms. The van der Waals surface area contributed by atoms with Gasteiger partial charge in [-0.1, -0.05) is 0 Å². The summed E-state index contributed by atoms with van der Waals surface area (Å²) >= 11 is 0. The van der Waals surface area contributed by atoms with Crippen molar-refractivity contribution in [3.05, 3.63) is 36.5 Å². The van der Waals surface area contributed by atoms with E-state index in [1.807, 2.05) is 25.1 Å². The maximum atomic E-state index is 11.9. The fraction of sp³-hybridized carbons (Fsp3) is 0.312. The third-order valence-corrected chi connectivity index (χ3v) is 4.79. The highest BCUT2D eigenvalue weighted by atomic mass is 32.2. The van der Waals surface area contributed by atoms with Gasteiger partial charge in [-0.25, -0.2) is 8.42 Å². The molecule has 1 amide bonds. The van der Waals surface area contributed by atoms with Crippen molar-refractivity contribution in [3.8, 4) is 0 Å². The zero-order valence-electron chi connectivity index (χ0n) is 15.1. The molecule has 0 aliphatic carbocycles. The number of hydrogen-bond donors (Lipinski definition) is 2. The monoisotopic (exact) mass is 378 g/mol. The average Bonchev–Trinajstić information content (AvgIpc) is 2.56. The Bertz CT molecular complexity index is 868. The summed E-state index contributed by atoms with van der Waals surface area (Å²) in [6, 6.07) is 8.84. The molecule has 1 heterocycles. The first-order valence-corrected chi connectivity index (χ1v) is 9.58. The maximum Gasteiger partial charge on any atom is 0.239 e. The Balaban J connectivity index is 1.98. The van der Waals surface area contributed by atoms with Crippen molar-refractivity contribution in [1.82, 2.24) is 14.5 Å². The van der Waals surface area contributed by atoms with Gasteiger partial charge in [-0.2, -0.15) is 9.40 Å². The van der Waals surface area contributed by atoms with Crippen molar-refractivity contribution >= 4 is 38.8 Å². The molecule has 0 unspecified atom stereocenters. The molecule has 1 aromatic carbocycles. The number of nitrogens with one attached hydrogen (secondary N) is 2. The number of amides is 1. The lowest BCUT2D eigenvalue weighted by Crippen LogP contribution is -2.34. The molecule has 2 rings (SSSR count). The van der Waals surface area contributed by atoms with Gasteiger partial charge in [-0.3, -0.25) is 4.79 Å². The fourth-order valence-electron chi connectivity index (χ4n) is 1.97. The lowest BCUT2D eigenvalue weighted by molar-refractivity contribution is -0.116. The van der Waals surface area contributed by atoms with Crippen LogP contribution in [0.5, 0.6) is 0 Å². The quantitative estimate of drug-likeness (QED) is 0.743. The first-order valence-electron chi connectivity index (χ1n) is 7.73. The predicted molar refractivity (Wildman–Crippen MR) is 102 cm³/mol. The maximum absolute atomic E-state index is 11.9. The van der Waals surface area contributed by atoms with Crippen LogP contribution in [0.3, 0.4) is 0 Å². The van der Waals surface area contributed by atoms with E-state index in [0.717, 1.165) is 21.9 Å². The summed E-state index contributed by atoms with van der Waals surface area (Å²) in [6.07, 6.45) is 2.71. The van der Waals surface area contributed by atoms with E-state index in [9.17, 15) is 13.2 Å². The second kappa shape index (κ2) is 8.11. The van der Waals surface area contributed by atoms with Crippen molar-refractivity contribution in [2.45, 2.75) is 0 Å². The number of carbonyl (C=O) groups excluding carboxylic acids is 1. The van der Waals surface area contributed by atoms with Crippen molar-refractivity contribution < 1.29 is 13.2 Å². The van der Waals surface area contributed by atoms with Gasteiger partial charge in [-0.05, 0) is 24.3 Å². The summed E-state index contributed by atoms with van der Waals surface area (Å²) in [7, 11) is 1.79. The topological polar surface area (TPSA) is 108 Å². The molecular weight excluding hydrogens is 356 g/mol. The third-order valence-electron chi connectivity index (χ3n) is 3.53. The summed E-state index contributed by atoms with van der Waals surface area (Å²) in [5.41, 5.74) is 2.26. The molecule has 0 saturated carbocycles. The van der Waals surface area contributed by atoms with Crippen LogP contribution in [-0.2, 0) is 14.8 Å². The number of sulfonamides is 1. The lowest BCUT2D eigenvalue weighted by Gasteiger charge is -2.14. The summed E-state index contributed by atoms with van der Waals surface area (Å²) in [6.45, 7) is -0.244. The van der Waals surface area contributed by atoms with Gasteiger partial charge in [-0.15, -0.1) is 5.10 Å². The second-order valence-corrected chi connectivity index (χ2v) is 8.05. The zero-order chi connectivity index (χ0) is 19.3. The van der Waals surface area contributed by atoms with Gasteiger partial charge in [0.2, 0.25) is 15.9 Å². The van der Waals surface area contributed by atoms with Gasteiger partial charge >= 0.3 is 0 Å². The Morgan fingerprint density at radius 1 is 1.12 bits per heavy atom. The molecule has 2 aromatic rings.